The summed E-state index contributed by atoms with van der Waals surface area (Å²) in [6.07, 6.45) is 0. The number of hydrogen-bond acceptors (Lipinski definition) is 4. The van der Waals surface area contributed by atoms with E-state index in [1.54, 1.807) is 11.3 Å². The van der Waals surface area contributed by atoms with Crippen LogP contribution in [-0.4, -0.2) is 10.9 Å². The first-order valence-electron chi connectivity index (χ1n) is 7.80. The molecule has 0 saturated carbocycles. The summed E-state index contributed by atoms with van der Waals surface area (Å²) in [5, 5.41) is 3.84. The van der Waals surface area contributed by atoms with E-state index in [1.807, 2.05) is 63.2 Å². The zero-order chi connectivity index (χ0) is 17.2. The lowest BCUT2D eigenvalue weighted by molar-refractivity contribution is -0.123. The van der Waals surface area contributed by atoms with Crippen LogP contribution in [0.3, 0.4) is 0 Å². The number of aromatic nitrogens is 1. The summed E-state index contributed by atoms with van der Waals surface area (Å²) in [5.41, 5.74) is 1.35. The minimum absolute atomic E-state index is 0.00866. The van der Waals surface area contributed by atoms with Crippen LogP contribution in [0.5, 0.6) is 5.75 Å². The predicted molar refractivity (Wildman–Crippen MR) is 98.5 cm³/mol. The van der Waals surface area contributed by atoms with E-state index in [1.165, 1.54) is 0 Å². The lowest BCUT2D eigenvalue weighted by Gasteiger charge is -2.17. The SMILES string of the molecule is CC(C)(C)C(=O)Nc1ccc(OCc2nc3ccccc3s2)cc1. The molecule has 0 fully saturated rings. The quantitative estimate of drug-likeness (QED) is 0.738. The summed E-state index contributed by atoms with van der Waals surface area (Å²) in [6.45, 7) is 6.10. The second-order valence-corrected chi connectivity index (χ2v) is 7.71. The number of nitrogens with one attached hydrogen (secondary N) is 1. The van der Waals surface area contributed by atoms with E-state index in [0.717, 1.165) is 26.7 Å². The highest BCUT2D eigenvalue weighted by molar-refractivity contribution is 7.18. The van der Waals surface area contributed by atoms with Gasteiger partial charge in [-0.05, 0) is 36.4 Å². The molecule has 0 radical (unpaired) electrons. The van der Waals surface area contributed by atoms with Gasteiger partial charge in [-0.25, -0.2) is 4.98 Å². The largest absolute Gasteiger partial charge is 0.486 e. The second kappa shape index (κ2) is 6.61. The number of carbonyl (C=O) groups is 1. The number of carbonyl (C=O) groups excluding carboxylic acids is 1. The van der Waals surface area contributed by atoms with Crippen molar-refractivity contribution in [1.82, 2.24) is 4.98 Å². The molecule has 0 bridgehead atoms. The number of benzene rings is 2. The number of fused-ring (bicyclic) bond motifs is 1. The van der Waals surface area contributed by atoms with Gasteiger partial charge >= 0.3 is 0 Å². The van der Waals surface area contributed by atoms with Gasteiger partial charge in [0.15, 0.2) is 0 Å². The maximum absolute atomic E-state index is 12.0. The molecule has 24 heavy (non-hydrogen) atoms. The fourth-order valence-electron chi connectivity index (χ4n) is 2.08. The molecule has 0 aliphatic carbocycles. The molecule has 3 aromatic rings. The molecular weight excluding hydrogens is 320 g/mol. The molecule has 5 heteroatoms. The molecule has 0 aliphatic rings. The monoisotopic (exact) mass is 340 g/mol. The van der Waals surface area contributed by atoms with Crippen LogP contribution >= 0.6 is 11.3 Å². The van der Waals surface area contributed by atoms with Crippen LogP contribution < -0.4 is 10.1 Å². The molecule has 1 amide bonds. The normalized spacial score (nSPS) is 11.5. The zero-order valence-electron chi connectivity index (χ0n) is 14.0. The van der Waals surface area contributed by atoms with Crippen molar-refractivity contribution in [3.8, 4) is 5.75 Å². The third kappa shape index (κ3) is 3.92. The van der Waals surface area contributed by atoms with Gasteiger partial charge in [0.2, 0.25) is 5.91 Å². The number of thiazole rings is 1. The first-order valence-corrected chi connectivity index (χ1v) is 8.62. The number of hydrogen-bond donors (Lipinski definition) is 1. The van der Waals surface area contributed by atoms with E-state index in [4.69, 9.17) is 4.74 Å². The van der Waals surface area contributed by atoms with Crippen molar-refractivity contribution < 1.29 is 9.53 Å². The lowest BCUT2D eigenvalue weighted by atomic mass is 9.95. The van der Waals surface area contributed by atoms with Crippen LogP contribution in [0.1, 0.15) is 25.8 Å². The highest BCUT2D eigenvalue weighted by atomic mass is 32.1. The van der Waals surface area contributed by atoms with E-state index in [0.29, 0.717) is 6.61 Å². The topological polar surface area (TPSA) is 51.2 Å². The van der Waals surface area contributed by atoms with E-state index < -0.39 is 5.41 Å². The lowest BCUT2D eigenvalue weighted by Crippen LogP contribution is -2.27. The molecule has 1 aromatic heterocycles. The van der Waals surface area contributed by atoms with Gasteiger partial charge in [0, 0.05) is 11.1 Å². The standard InChI is InChI=1S/C19H20N2O2S/c1-19(2,3)18(22)20-13-8-10-14(11-9-13)23-12-17-21-15-6-4-5-7-16(15)24-17/h4-11H,12H2,1-3H3,(H,20,22). The molecule has 0 spiro atoms. The molecule has 2 aromatic carbocycles. The molecule has 0 aliphatic heterocycles. The van der Waals surface area contributed by atoms with Crippen molar-refractivity contribution in [1.29, 1.82) is 0 Å². The first kappa shape index (κ1) is 16.5. The van der Waals surface area contributed by atoms with Gasteiger partial charge in [0.05, 0.1) is 10.2 Å². The molecule has 1 heterocycles. The Morgan fingerprint density at radius 1 is 1.12 bits per heavy atom. The Labute approximate surface area is 145 Å². The summed E-state index contributed by atoms with van der Waals surface area (Å²) in [7, 11) is 0. The summed E-state index contributed by atoms with van der Waals surface area (Å²) in [4.78, 5) is 16.5. The maximum Gasteiger partial charge on any atom is 0.229 e. The third-order valence-corrected chi connectivity index (χ3v) is 4.50. The number of anilines is 1. The molecule has 4 nitrogen and oxygen atoms in total. The van der Waals surface area contributed by atoms with Crippen LogP contribution in [0.15, 0.2) is 48.5 Å². The first-order chi connectivity index (χ1) is 11.4. The summed E-state index contributed by atoms with van der Waals surface area (Å²) < 4.78 is 6.95. The molecule has 1 N–H and O–H groups in total. The van der Waals surface area contributed by atoms with Gasteiger partial charge in [0.1, 0.15) is 17.4 Å². The van der Waals surface area contributed by atoms with Gasteiger partial charge in [-0.3, -0.25) is 4.79 Å². The Morgan fingerprint density at radius 3 is 2.50 bits per heavy atom. The molecule has 0 saturated heterocycles. The van der Waals surface area contributed by atoms with Gasteiger partial charge in [-0.15, -0.1) is 11.3 Å². The Balaban J connectivity index is 1.61. The summed E-state index contributed by atoms with van der Waals surface area (Å²) >= 11 is 1.64. The smallest absolute Gasteiger partial charge is 0.229 e. The molecule has 3 rings (SSSR count). The fraction of sp³-hybridized carbons (Fsp3) is 0.263. The Bertz CT molecular complexity index is 815. The van der Waals surface area contributed by atoms with Crippen LogP contribution in [0.2, 0.25) is 0 Å². The number of amides is 1. The van der Waals surface area contributed by atoms with Crippen molar-refractivity contribution in [2.75, 3.05) is 5.32 Å². The molecule has 0 unspecified atom stereocenters. The minimum Gasteiger partial charge on any atom is -0.486 e. The van der Waals surface area contributed by atoms with Crippen molar-refractivity contribution >= 4 is 33.1 Å². The van der Waals surface area contributed by atoms with Gasteiger partial charge in [-0.2, -0.15) is 0 Å². The number of rotatable bonds is 4. The highest BCUT2D eigenvalue weighted by Crippen LogP contribution is 2.24. The second-order valence-electron chi connectivity index (χ2n) is 6.59. The van der Waals surface area contributed by atoms with Crippen LogP contribution in [-0.2, 0) is 11.4 Å². The molecular formula is C19H20N2O2S. The zero-order valence-corrected chi connectivity index (χ0v) is 14.8. The number of nitrogens with zero attached hydrogens (tertiary/aromatic N) is 1. The maximum atomic E-state index is 12.0. The number of para-hydroxylation sites is 1. The van der Waals surface area contributed by atoms with Gasteiger partial charge in [0.25, 0.3) is 0 Å². The van der Waals surface area contributed by atoms with E-state index in [9.17, 15) is 4.79 Å². The Kier molecular flexibility index (Phi) is 4.53. The predicted octanol–water partition coefficient (Wildman–Crippen LogP) is 4.86. The Morgan fingerprint density at radius 2 is 1.83 bits per heavy atom. The summed E-state index contributed by atoms with van der Waals surface area (Å²) in [5.74, 6) is 0.744. The van der Waals surface area contributed by atoms with Crippen LogP contribution in [0, 0.1) is 5.41 Å². The van der Waals surface area contributed by atoms with Gasteiger partial charge < -0.3 is 10.1 Å². The van der Waals surface area contributed by atoms with Crippen molar-refractivity contribution in [3.05, 3.63) is 53.5 Å². The average Bonchev–Trinajstić information content (AvgIpc) is 2.96. The molecule has 0 atom stereocenters. The minimum atomic E-state index is -0.415. The van der Waals surface area contributed by atoms with Crippen LogP contribution in [0.25, 0.3) is 10.2 Å². The van der Waals surface area contributed by atoms with Gasteiger partial charge in [-0.1, -0.05) is 32.9 Å². The Hall–Kier alpha value is -2.40. The summed E-state index contributed by atoms with van der Waals surface area (Å²) in [6, 6.07) is 15.4. The third-order valence-electron chi connectivity index (χ3n) is 3.49. The van der Waals surface area contributed by atoms with Crippen molar-refractivity contribution in [3.63, 3.8) is 0 Å². The van der Waals surface area contributed by atoms with Crippen molar-refractivity contribution in [2.45, 2.75) is 27.4 Å². The van der Waals surface area contributed by atoms with E-state index >= 15 is 0 Å². The molecule has 124 valence electrons. The van der Waals surface area contributed by atoms with Crippen LogP contribution in [0.4, 0.5) is 5.69 Å². The van der Waals surface area contributed by atoms with Crippen molar-refractivity contribution in [2.24, 2.45) is 5.41 Å². The van der Waals surface area contributed by atoms with E-state index in [2.05, 4.69) is 16.4 Å². The highest BCUT2D eigenvalue weighted by Gasteiger charge is 2.21. The fourth-order valence-corrected chi connectivity index (χ4v) is 2.96. The number of ether oxygens (including phenoxy) is 1. The van der Waals surface area contributed by atoms with E-state index in [-0.39, 0.29) is 5.91 Å². The average molecular weight is 340 g/mol.